The first-order valence-electron chi connectivity index (χ1n) is 10.6. The molecule has 0 aliphatic rings. The van der Waals surface area contributed by atoms with Crippen molar-refractivity contribution in [1.82, 2.24) is 5.32 Å². The number of alkyl halides is 6. The lowest BCUT2D eigenvalue weighted by atomic mass is 9.77. The summed E-state index contributed by atoms with van der Waals surface area (Å²) in [5.74, 6) is -3.67. The molecule has 3 rings (SSSR count). The molecule has 0 saturated carbocycles. The molecule has 4 nitrogen and oxygen atoms in total. The Kier molecular flexibility index (Phi) is 7.99. The third kappa shape index (κ3) is 6.89. The standard InChI is InChI=1S/C25H18F8N2O2/c26-19-8-6-16(7-9-19)23(13-15-4-2-1-3-5-15,34-22(36)21(35-37)14-24(28,29)30)17-10-18(25(31,32)33)12-20(27)11-17/h1-12,21H,13-14H2,(H,34,36)/t21-,23-/m1/s1. The number of rotatable bonds is 8. The van der Waals surface area contributed by atoms with Gasteiger partial charge in [-0.3, -0.25) is 4.79 Å². The maximum Gasteiger partial charge on any atom is 0.416 e. The molecule has 0 heterocycles. The molecular weight excluding hydrogens is 512 g/mol. The number of hydrogen-bond acceptors (Lipinski definition) is 3. The Labute approximate surface area is 205 Å². The van der Waals surface area contributed by atoms with Crippen molar-refractivity contribution in [2.24, 2.45) is 5.18 Å². The van der Waals surface area contributed by atoms with Gasteiger partial charge in [0.05, 0.1) is 17.5 Å². The first-order chi connectivity index (χ1) is 17.2. The topological polar surface area (TPSA) is 58.5 Å². The SMILES string of the molecule is O=N[C@H](CC(F)(F)F)C(=O)N[C@](Cc1ccccc1)(c1ccc(F)cc1)c1cc(F)cc(C(F)(F)F)c1. The average molecular weight is 530 g/mol. The first-order valence-corrected chi connectivity index (χ1v) is 10.6. The maximum atomic E-state index is 14.5. The first kappa shape index (κ1) is 27.8. The molecule has 2 atom stereocenters. The fourth-order valence-corrected chi connectivity index (χ4v) is 3.89. The number of halogens is 8. The van der Waals surface area contributed by atoms with Crippen LogP contribution in [0.25, 0.3) is 0 Å². The summed E-state index contributed by atoms with van der Waals surface area (Å²) in [6.45, 7) is 0. The van der Waals surface area contributed by atoms with Crippen LogP contribution in [0.15, 0.2) is 78.0 Å². The van der Waals surface area contributed by atoms with E-state index < -0.39 is 65.4 Å². The molecular formula is C25H18F8N2O2. The zero-order valence-electron chi connectivity index (χ0n) is 18.7. The van der Waals surface area contributed by atoms with Gasteiger partial charge in [0.15, 0.2) is 6.04 Å². The molecule has 0 aromatic heterocycles. The van der Waals surface area contributed by atoms with Crippen LogP contribution >= 0.6 is 0 Å². The monoisotopic (exact) mass is 530 g/mol. The van der Waals surface area contributed by atoms with E-state index in [1.54, 1.807) is 18.2 Å². The molecule has 12 heteroatoms. The average Bonchev–Trinajstić information content (AvgIpc) is 2.81. The van der Waals surface area contributed by atoms with Crippen LogP contribution in [0, 0.1) is 16.5 Å². The predicted molar refractivity (Wildman–Crippen MR) is 117 cm³/mol. The predicted octanol–water partition coefficient (Wildman–Crippen LogP) is 6.67. The molecule has 3 aromatic carbocycles. The molecule has 0 spiro atoms. The molecule has 1 amide bonds. The number of carbonyl (C=O) groups is 1. The molecule has 0 aliphatic carbocycles. The highest BCUT2D eigenvalue weighted by molar-refractivity contribution is 5.83. The van der Waals surface area contributed by atoms with Crippen molar-refractivity contribution in [1.29, 1.82) is 0 Å². The molecule has 1 N–H and O–H groups in total. The van der Waals surface area contributed by atoms with Crippen molar-refractivity contribution < 1.29 is 39.9 Å². The number of benzene rings is 3. The van der Waals surface area contributed by atoms with Gasteiger partial charge in [0.2, 0.25) is 5.91 Å². The molecule has 0 bridgehead atoms. The molecule has 37 heavy (non-hydrogen) atoms. The minimum absolute atomic E-state index is 0.0820. The van der Waals surface area contributed by atoms with Gasteiger partial charge in [0.1, 0.15) is 11.6 Å². The minimum atomic E-state index is -5.02. The van der Waals surface area contributed by atoms with E-state index in [2.05, 4.69) is 10.5 Å². The second-order valence-corrected chi connectivity index (χ2v) is 8.23. The van der Waals surface area contributed by atoms with E-state index in [0.717, 1.165) is 24.3 Å². The number of carbonyl (C=O) groups excluding carboxylic acids is 1. The number of nitrogens with zero attached hydrogens (tertiary/aromatic N) is 1. The smallest absolute Gasteiger partial charge is 0.340 e. The quantitative estimate of drug-likeness (QED) is 0.261. The molecule has 0 aliphatic heterocycles. The van der Waals surface area contributed by atoms with Gasteiger partial charge in [-0.15, -0.1) is 4.91 Å². The van der Waals surface area contributed by atoms with Crippen LogP contribution in [0.2, 0.25) is 0 Å². The zero-order chi connectivity index (χ0) is 27.4. The summed E-state index contributed by atoms with van der Waals surface area (Å²) in [5.41, 5.74) is -3.81. The lowest BCUT2D eigenvalue weighted by molar-refractivity contribution is -0.148. The summed E-state index contributed by atoms with van der Waals surface area (Å²) in [4.78, 5) is 24.1. The summed E-state index contributed by atoms with van der Waals surface area (Å²) >= 11 is 0. The Balaban J connectivity index is 2.30. The zero-order valence-corrected chi connectivity index (χ0v) is 18.7. The molecule has 3 aromatic rings. The normalized spacial score (nSPS) is 14.5. The highest BCUT2D eigenvalue weighted by Crippen LogP contribution is 2.39. The number of amides is 1. The van der Waals surface area contributed by atoms with Gasteiger partial charge in [0, 0.05) is 6.42 Å². The van der Waals surface area contributed by atoms with Crippen LogP contribution in [0.3, 0.4) is 0 Å². The summed E-state index contributed by atoms with van der Waals surface area (Å²) < 4.78 is 108. The third-order valence-electron chi connectivity index (χ3n) is 5.56. The highest BCUT2D eigenvalue weighted by Gasteiger charge is 2.43. The summed E-state index contributed by atoms with van der Waals surface area (Å²) in [6, 6.07) is 10.7. The van der Waals surface area contributed by atoms with Crippen LogP contribution in [-0.4, -0.2) is 18.1 Å². The summed E-state index contributed by atoms with van der Waals surface area (Å²) in [7, 11) is 0. The van der Waals surface area contributed by atoms with Gasteiger partial charge in [-0.1, -0.05) is 47.6 Å². The maximum absolute atomic E-state index is 14.5. The van der Waals surface area contributed by atoms with E-state index in [4.69, 9.17) is 0 Å². The minimum Gasteiger partial charge on any atom is -0.340 e. The molecule has 0 unspecified atom stereocenters. The van der Waals surface area contributed by atoms with Gasteiger partial charge in [-0.25, -0.2) is 8.78 Å². The van der Waals surface area contributed by atoms with Crippen LogP contribution < -0.4 is 5.32 Å². The van der Waals surface area contributed by atoms with E-state index in [1.165, 1.54) is 12.1 Å². The van der Waals surface area contributed by atoms with Crippen molar-refractivity contribution in [2.45, 2.75) is 36.8 Å². The van der Waals surface area contributed by atoms with Crippen LogP contribution in [0.4, 0.5) is 35.1 Å². The van der Waals surface area contributed by atoms with Crippen molar-refractivity contribution in [3.63, 3.8) is 0 Å². The van der Waals surface area contributed by atoms with E-state index in [0.29, 0.717) is 17.7 Å². The van der Waals surface area contributed by atoms with E-state index in [1.807, 2.05) is 0 Å². The molecule has 0 saturated heterocycles. The number of nitrogens with one attached hydrogen (secondary N) is 1. The van der Waals surface area contributed by atoms with Crippen LogP contribution in [-0.2, 0) is 22.9 Å². The molecule has 0 radical (unpaired) electrons. The van der Waals surface area contributed by atoms with Gasteiger partial charge < -0.3 is 5.32 Å². The Bertz CT molecular complexity index is 1240. The second kappa shape index (κ2) is 10.7. The third-order valence-corrected chi connectivity index (χ3v) is 5.56. The van der Waals surface area contributed by atoms with Gasteiger partial charge >= 0.3 is 12.4 Å². The highest BCUT2D eigenvalue weighted by atomic mass is 19.4. The van der Waals surface area contributed by atoms with Crippen LogP contribution in [0.1, 0.15) is 28.7 Å². The lowest BCUT2D eigenvalue weighted by Gasteiger charge is -2.37. The van der Waals surface area contributed by atoms with Crippen molar-refractivity contribution >= 4 is 5.91 Å². The van der Waals surface area contributed by atoms with E-state index in [-0.39, 0.29) is 11.6 Å². The number of nitroso groups, excluding NO2 is 1. The summed E-state index contributed by atoms with van der Waals surface area (Å²) in [5, 5.41) is 4.47. The van der Waals surface area contributed by atoms with Crippen LogP contribution in [0.5, 0.6) is 0 Å². The molecule has 196 valence electrons. The van der Waals surface area contributed by atoms with Crippen molar-refractivity contribution in [3.8, 4) is 0 Å². The van der Waals surface area contributed by atoms with Gasteiger partial charge in [-0.2, -0.15) is 26.3 Å². The molecule has 0 fully saturated rings. The summed E-state index contributed by atoms with van der Waals surface area (Å²) in [6.07, 6.45) is -12.3. The van der Waals surface area contributed by atoms with Gasteiger partial charge in [-0.05, 0) is 47.0 Å². The Morgan fingerprint density at radius 3 is 1.92 bits per heavy atom. The Morgan fingerprint density at radius 2 is 1.38 bits per heavy atom. The lowest BCUT2D eigenvalue weighted by Crippen LogP contribution is -2.52. The Hall–Kier alpha value is -3.83. The second-order valence-electron chi connectivity index (χ2n) is 8.23. The Morgan fingerprint density at radius 1 is 0.784 bits per heavy atom. The van der Waals surface area contributed by atoms with Crippen molar-refractivity contribution in [3.05, 3.63) is 112 Å². The fraction of sp³-hybridized carbons (Fsp3) is 0.240. The number of hydrogen-bond donors (Lipinski definition) is 1. The van der Waals surface area contributed by atoms with Gasteiger partial charge in [0.25, 0.3) is 0 Å². The largest absolute Gasteiger partial charge is 0.416 e. The van der Waals surface area contributed by atoms with E-state index >= 15 is 0 Å². The van der Waals surface area contributed by atoms with E-state index in [9.17, 15) is 44.8 Å². The van der Waals surface area contributed by atoms with Crippen molar-refractivity contribution in [2.75, 3.05) is 0 Å². The fourth-order valence-electron chi connectivity index (χ4n) is 3.89.